The van der Waals surface area contributed by atoms with E-state index in [0.717, 1.165) is 51.3 Å². The maximum Gasteiger partial charge on any atom is 0.321 e. The summed E-state index contributed by atoms with van der Waals surface area (Å²) in [6, 6.07) is -0.304. The third kappa shape index (κ3) is 6.39. The molecule has 3 heterocycles. The number of hydrogen-bond acceptors (Lipinski definition) is 8. The van der Waals surface area contributed by atoms with Gasteiger partial charge < -0.3 is 19.7 Å². The van der Waals surface area contributed by atoms with Crippen LogP contribution in [0.4, 0.5) is 10.7 Å². The highest BCUT2D eigenvalue weighted by Crippen LogP contribution is 2.29. The minimum atomic E-state index is -0.415. The van der Waals surface area contributed by atoms with Crippen LogP contribution in [0.15, 0.2) is 5.16 Å². The van der Waals surface area contributed by atoms with Gasteiger partial charge in [-0.1, -0.05) is 38.5 Å². The van der Waals surface area contributed by atoms with Crippen LogP contribution < -0.4 is 15.5 Å². The number of urea groups is 1. The summed E-state index contributed by atoms with van der Waals surface area (Å²) in [6.45, 7) is 8.65. The number of morpholine rings is 1. The van der Waals surface area contributed by atoms with Crippen molar-refractivity contribution < 1.29 is 19.1 Å². The van der Waals surface area contributed by atoms with Gasteiger partial charge in [-0.25, -0.2) is 4.79 Å². The maximum absolute atomic E-state index is 12.5. The molecule has 2 aliphatic heterocycles. The lowest BCUT2D eigenvalue weighted by Crippen LogP contribution is -2.49. The number of ether oxygens (including phenoxy) is 2. The molecule has 0 radical (unpaired) electrons. The topological polar surface area (TPSA) is 111 Å². The van der Waals surface area contributed by atoms with Crippen molar-refractivity contribution in [3.63, 3.8) is 0 Å². The Hall–Kier alpha value is -1.85. The molecule has 1 aromatic heterocycles. The molecule has 0 spiro atoms. The van der Waals surface area contributed by atoms with Gasteiger partial charge in [-0.2, -0.15) is 0 Å². The van der Waals surface area contributed by atoms with Gasteiger partial charge in [-0.05, 0) is 31.1 Å². The first-order valence-electron chi connectivity index (χ1n) is 12.1. The average Bonchev–Trinajstić information content (AvgIpc) is 3.46. The van der Waals surface area contributed by atoms with E-state index in [2.05, 4.69) is 39.6 Å². The largest absolute Gasteiger partial charge is 0.378 e. The predicted molar refractivity (Wildman–Crippen MR) is 125 cm³/mol. The van der Waals surface area contributed by atoms with Gasteiger partial charge in [-0.15, -0.1) is 10.2 Å². The van der Waals surface area contributed by atoms with Gasteiger partial charge in [0.2, 0.25) is 11.9 Å². The molecule has 1 aliphatic carbocycles. The molecule has 3 fully saturated rings. The molecule has 0 aromatic carbocycles. The molecule has 3 amide bonds. The van der Waals surface area contributed by atoms with Gasteiger partial charge in [-0.3, -0.25) is 14.7 Å². The van der Waals surface area contributed by atoms with Gasteiger partial charge in [0.25, 0.3) is 0 Å². The number of rotatable bonds is 7. The minimum Gasteiger partial charge on any atom is -0.378 e. The molecule has 4 atom stereocenters. The number of anilines is 1. The van der Waals surface area contributed by atoms with Crippen LogP contribution in [0.2, 0.25) is 0 Å². The van der Waals surface area contributed by atoms with Crippen LogP contribution in [-0.2, 0) is 20.8 Å². The van der Waals surface area contributed by atoms with E-state index in [1.165, 1.54) is 18.2 Å². The number of nitrogens with one attached hydrogen (secondary N) is 2. The monoisotopic (exact) mass is 480 g/mol. The van der Waals surface area contributed by atoms with Crippen molar-refractivity contribution in [3.05, 3.63) is 0 Å². The summed E-state index contributed by atoms with van der Waals surface area (Å²) in [4.78, 5) is 27.0. The van der Waals surface area contributed by atoms with Crippen LogP contribution in [0.25, 0.3) is 0 Å². The smallest absolute Gasteiger partial charge is 0.321 e. The first kappa shape index (κ1) is 24.3. The van der Waals surface area contributed by atoms with E-state index < -0.39 is 6.03 Å². The fraction of sp³-hybridized carbons (Fsp3) is 0.818. The highest BCUT2D eigenvalue weighted by Gasteiger charge is 2.29. The third-order valence-corrected chi connectivity index (χ3v) is 7.98. The average molecular weight is 481 g/mol. The van der Waals surface area contributed by atoms with Gasteiger partial charge in [0.15, 0.2) is 5.16 Å². The fourth-order valence-corrected chi connectivity index (χ4v) is 5.56. The van der Waals surface area contributed by atoms with Crippen molar-refractivity contribution in [1.29, 1.82) is 0 Å². The lowest BCUT2D eigenvalue weighted by molar-refractivity contribution is -0.117. The predicted octanol–water partition coefficient (Wildman–Crippen LogP) is 2.04. The van der Waals surface area contributed by atoms with Crippen molar-refractivity contribution >= 4 is 29.6 Å². The summed E-state index contributed by atoms with van der Waals surface area (Å²) >= 11 is 1.30. The van der Waals surface area contributed by atoms with Crippen LogP contribution in [0, 0.1) is 11.8 Å². The van der Waals surface area contributed by atoms with Crippen LogP contribution in [0.1, 0.15) is 46.0 Å². The van der Waals surface area contributed by atoms with E-state index in [4.69, 9.17) is 9.47 Å². The second kappa shape index (κ2) is 11.5. The van der Waals surface area contributed by atoms with Crippen LogP contribution in [-0.4, -0.2) is 77.5 Å². The Morgan fingerprint density at radius 1 is 1.09 bits per heavy atom. The zero-order chi connectivity index (χ0) is 23.2. The lowest BCUT2D eigenvalue weighted by Gasteiger charge is -2.34. The van der Waals surface area contributed by atoms with E-state index in [-0.39, 0.29) is 23.8 Å². The van der Waals surface area contributed by atoms with Crippen LogP contribution in [0.5, 0.6) is 0 Å². The molecular formula is C22H36N6O4S. The fourth-order valence-electron chi connectivity index (χ4n) is 4.82. The molecule has 0 bridgehead atoms. The van der Waals surface area contributed by atoms with Crippen molar-refractivity contribution in [2.75, 3.05) is 43.6 Å². The highest BCUT2D eigenvalue weighted by molar-refractivity contribution is 7.99. The molecular weight excluding hydrogens is 444 g/mol. The summed E-state index contributed by atoms with van der Waals surface area (Å²) in [5.41, 5.74) is 0. The Balaban J connectivity index is 1.33. The molecule has 4 rings (SSSR count). The number of thioether (sulfide) groups is 1. The van der Waals surface area contributed by atoms with E-state index >= 15 is 0 Å². The number of aromatic nitrogens is 3. The Bertz CT molecular complexity index is 809. The zero-order valence-corrected chi connectivity index (χ0v) is 20.4. The Morgan fingerprint density at radius 2 is 1.91 bits per heavy atom. The second-order valence-corrected chi connectivity index (χ2v) is 10.3. The van der Waals surface area contributed by atoms with Gasteiger partial charge in [0.1, 0.15) is 0 Å². The number of nitrogens with zero attached hydrogens (tertiary/aromatic N) is 4. The molecule has 33 heavy (non-hydrogen) atoms. The molecule has 10 nitrogen and oxygen atoms in total. The molecule has 184 valence electrons. The summed E-state index contributed by atoms with van der Waals surface area (Å²) in [6.07, 6.45) is 5.43. The van der Waals surface area contributed by atoms with Crippen molar-refractivity contribution in [3.8, 4) is 0 Å². The van der Waals surface area contributed by atoms with Gasteiger partial charge in [0, 0.05) is 25.7 Å². The first-order chi connectivity index (χ1) is 16.0. The highest BCUT2D eigenvalue weighted by atomic mass is 32.2. The van der Waals surface area contributed by atoms with Gasteiger partial charge >= 0.3 is 6.03 Å². The number of amides is 3. The number of carbonyl (C=O) groups is 2. The van der Waals surface area contributed by atoms with E-state index in [1.54, 1.807) is 0 Å². The van der Waals surface area contributed by atoms with Gasteiger partial charge in [0.05, 0.1) is 31.6 Å². The van der Waals surface area contributed by atoms with Crippen LogP contribution in [0.3, 0.4) is 0 Å². The summed E-state index contributed by atoms with van der Waals surface area (Å²) < 4.78 is 13.3. The molecule has 2 N–H and O–H groups in total. The minimum absolute atomic E-state index is 0.0941. The molecule has 4 unspecified atom stereocenters. The van der Waals surface area contributed by atoms with E-state index in [1.807, 2.05) is 4.57 Å². The summed E-state index contributed by atoms with van der Waals surface area (Å²) in [5.74, 6) is 1.52. The second-order valence-electron chi connectivity index (χ2n) is 9.31. The number of carbonyl (C=O) groups excluding carboxylic acids is 2. The summed E-state index contributed by atoms with van der Waals surface area (Å²) in [5, 5.41) is 14.9. The zero-order valence-electron chi connectivity index (χ0n) is 19.6. The molecule has 3 aliphatic rings. The molecule has 1 aromatic rings. The number of hydrogen-bond donors (Lipinski definition) is 2. The Labute approximate surface area is 199 Å². The summed E-state index contributed by atoms with van der Waals surface area (Å²) in [7, 11) is 0. The quantitative estimate of drug-likeness (QED) is 0.571. The standard InChI is InChI=1S/C22H36N6O4S/c1-15-5-3-7-18(16(15)2)23-20(30)24-19(29)14-33-22-26-25-21(27-8-11-31-12-9-27)28(22)13-17-6-4-10-32-17/h15-18H,3-14H2,1-2H3,(H2,23,24,29,30). The number of imide groups is 1. The Kier molecular flexibility index (Phi) is 8.48. The van der Waals surface area contributed by atoms with E-state index in [9.17, 15) is 9.59 Å². The molecule has 11 heteroatoms. The lowest BCUT2D eigenvalue weighted by atomic mass is 9.78. The maximum atomic E-state index is 12.5. The van der Waals surface area contributed by atoms with Crippen molar-refractivity contribution in [2.45, 2.75) is 69.8 Å². The first-order valence-corrected chi connectivity index (χ1v) is 13.1. The SMILES string of the molecule is CC1CCCC(NC(=O)NC(=O)CSc2nnc(N3CCOCC3)n2CC2CCCO2)C1C. The molecule has 2 saturated heterocycles. The van der Waals surface area contributed by atoms with Crippen molar-refractivity contribution in [1.82, 2.24) is 25.4 Å². The normalized spacial score (nSPS) is 28.0. The molecule has 1 saturated carbocycles. The third-order valence-electron chi connectivity index (χ3n) is 7.01. The van der Waals surface area contributed by atoms with Crippen molar-refractivity contribution in [2.24, 2.45) is 11.8 Å². The van der Waals surface area contributed by atoms with E-state index in [0.29, 0.717) is 36.8 Å². The Morgan fingerprint density at radius 3 is 2.67 bits per heavy atom. The van der Waals surface area contributed by atoms with Crippen LogP contribution >= 0.6 is 11.8 Å².